The van der Waals surface area contributed by atoms with E-state index in [0.717, 1.165) is 16.8 Å². The molecule has 0 aliphatic carbocycles. The Labute approximate surface area is 93.1 Å². The molecular formula is C13H10N2O. The topological polar surface area (TPSA) is 42.0 Å². The van der Waals surface area contributed by atoms with E-state index in [9.17, 15) is 4.79 Å². The van der Waals surface area contributed by atoms with E-state index in [1.165, 1.54) is 0 Å². The Morgan fingerprint density at radius 2 is 1.88 bits per heavy atom. The van der Waals surface area contributed by atoms with Crippen LogP contribution in [0.4, 0.5) is 0 Å². The number of hydrogen-bond donors (Lipinski definition) is 1. The molecule has 78 valence electrons. The van der Waals surface area contributed by atoms with Gasteiger partial charge in [0.1, 0.15) is 0 Å². The Morgan fingerprint density at radius 1 is 1.06 bits per heavy atom. The zero-order valence-corrected chi connectivity index (χ0v) is 8.55. The fourth-order valence-electron chi connectivity index (χ4n) is 2.02. The van der Waals surface area contributed by atoms with E-state index in [2.05, 4.69) is 10.3 Å². The molecule has 0 spiro atoms. The zero-order chi connectivity index (χ0) is 11.0. The van der Waals surface area contributed by atoms with Crippen molar-refractivity contribution in [3.05, 3.63) is 65.5 Å². The molecule has 1 aromatic carbocycles. The van der Waals surface area contributed by atoms with Gasteiger partial charge < -0.3 is 5.32 Å². The Hall–Kier alpha value is -2.16. The maximum absolute atomic E-state index is 11.7. The number of nitrogens with one attached hydrogen (secondary N) is 1. The van der Waals surface area contributed by atoms with Gasteiger partial charge in [-0.15, -0.1) is 0 Å². The van der Waals surface area contributed by atoms with Gasteiger partial charge in [0.05, 0.1) is 11.7 Å². The molecule has 3 rings (SSSR count). The lowest BCUT2D eigenvalue weighted by Crippen LogP contribution is -2.20. The summed E-state index contributed by atoms with van der Waals surface area (Å²) in [6.45, 7) is 0. The van der Waals surface area contributed by atoms with Gasteiger partial charge in [0.15, 0.2) is 0 Å². The van der Waals surface area contributed by atoms with Gasteiger partial charge >= 0.3 is 0 Å². The van der Waals surface area contributed by atoms with Gasteiger partial charge in [-0.25, -0.2) is 0 Å². The highest BCUT2D eigenvalue weighted by atomic mass is 16.2. The van der Waals surface area contributed by atoms with Crippen molar-refractivity contribution in [2.75, 3.05) is 0 Å². The molecule has 0 saturated heterocycles. The second-order valence-corrected chi connectivity index (χ2v) is 3.75. The third-order valence-corrected chi connectivity index (χ3v) is 2.78. The summed E-state index contributed by atoms with van der Waals surface area (Å²) in [6.07, 6.45) is 1.74. The number of fused-ring (bicyclic) bond motifs is 1. The molecule has 2 heterocycles. The number of rotatable bonds is 1. The Bertz CT molecular complexity index is 537. The molecule has 3 nitrogen and oxygen atoms in total. The third kappa shape index (κ3) is 1.29. The van der Waals surface area contributed by atoms with E-state index < -0.39 is 0 Å². The van der Waals surface area contributed by atoms with Gasteiger partial charge in [0.25, 0.3) is 5.91 Å². The monoisotopic (exact) mass is 210 g/mol. The first-order valence-electron chi connectivity index (χ1n) is 5.17. The quantitative estimate of drug-likeness (QED) is 0.781. The largest absolute Gasteiger partial charge is 0.340 e. The van der Waals surface area contributed by atoms with Crippen molar-refractivity contribution in [1.29, 1.82) is 0 Å². The predicted octanol–water partition coefficient (Wildman–Crippen LogP) is 1.91. The molecule has 1 unspecified atom stereocenters. The van der Waals surface area contributed by atoms with Crippen LogP contribution in [0.15, 0.2) is 48.7 Å². The number of carbonyl (C=O) groups excluding carboxylic acids is 1. The summed E-state index contributed by atoms with van der Waals surface area (Å²) in [6, 6.07) is 13.2. The summed E-state index contributed by atoms with van der Waals surface area (Å²) in [5, 5.41) is 2.93. The van der Waals surface area contributed by atoms with Crippen molar-refractivity contribution >= 4 is 5.91 Å². The molecular weight excluding hydrogens is 200 g/mol. The molecule has 0 bridgehead atoms. The molecule has 1 aliphatic heterocycles. The maximum atomic E-state index is 11.7. The molecule has 1 aliphatic rings. The summed E-state index contributed by atoms with van der Waals surface area (Å²) in [5.74, 6) is -0.0220. The van der Waals surface area contributed by atoms with Crippen LogP contribution in [0, 0.1) is 0 Å². The number of nitrogens with zero attached hydrogens (tertiary/aromatic N) is 1. The van der Waals surface area contributed by atoms with Crippen LogP contribution in [-0.4, -0.2) is 10.9 Å². The molecule has 1 amide bonds. The fraction of sp³-hybridized carbons (Fsp3) is 0.0769. The van der Waals surface area contributed by atoms with Crippen LogP contribution in [0.1, 0.15) is 27.7 Å². The van der Waals surface area contributed by atoms with Crippen LogP contribution in [0.5, 0.6) is 0 Å². The number of benzene rings is 1. The summed E-state index contributed by atoms with van der Waals surface area (Å²) in [5.41, 5.74) is 2.63. The van der Waals surface area contributed by atoms with E-state index in [4.69, 9.17) is 0 Å². The molecule has 0 saturated carbocycles. The van der Waals surface area contributed by atoms with E-state index in [1.807, 2.05) is 42.5 Å². The molecule has 2 aromatic rings. The van der Waals surface area contributed by atoms with Crippen LogP contribution >= 0.6 is 0 Å². The first kappa shape index (κ1) is 9.09. The number of carbonyl (C=O) groups is 1. The molecule has 3 heteroatoms. The zero-order valence-electron chi connectivity index (χ0n) is 8.55. The minimum Gasteiger partial charge on any atom is -0.340 e. The number of hydrogen-bond acceptors (Lipinski definition) is 2. The van der Waals surface area contributed by atoms with Crippen molar-refractivity contribution in [1.82, 2.24) is 10.3 Å². The summed E-state index contributed by atoms with van der Waals surface area (Å²) in [7, 11) is 0. The predicted molar refractivity (Wildman–Crippen MR) is 60.0 cm³/mol. The fourth-order valence-corrected chi connectivity index (χ4v) is 2.02. The van der Waals surface area contributed by atoms with Crippen molar-refractivity contribution in [2.24, 2.45) is 0 Å². The number of pyridine rings is 1. The van der Waals surface area contributed by atoms with Gasteiger partial charge in [-0.05, 0) is 23.8 Å². The first-order valence-corrected chi connectivity index (χ1v) is 5.17. The van der Waals surface area contributed by atoms with Gasteiger partial charge in [0.2, 0.25) is 0 Å². The Kier molecular flexibility index (Phi) is 1.96. The molecule has 0 fully saturated rings. The third-order valence-electron chi connectivity index (χ3n) is 2.78. The van der Waals surface area contributed by atoms with Gasteiger partial charge in [-0.2, -0.15) is 0 Å². The van der Waals surface area contributed by atoms with E-state index in [-0.39, 0.29) is 11.9 Å². The highest BCUT2D eigenvalue weighted by Gasteiger charge is 2.29. The molecule has 1 aromatic heterocycles. The second-order valence-electron chi connectivity index (χ2n) is 3.75. The highest BCUT2D eigenvalue weighted by molar-refractivity contribution is 5.99. The summed E-state index contributed by atoms with van der Waals surface area (Å²) >= 11 is 0. The van der Waals surface area contributed by atoms with Crippen LogP contribution < -0.4 is 5.32 Å². The van der Waals surface area contributed by atoms with Crippen molar-refractivity contribution < 1.29 is 4.79 Å². The van der Waals surface area contributed by atoms with Gasteiger partial charge in [-0.3, -0.25) is 9.78 Å². The first-order chi connectivity index (χ1) is 7.86. The van der Waals surface area contributed by atoms with Crippen LogP contribution in [0.25, 0.3) is 0 Å². The van der Waals surface area contributed by atoms with E-state index >= 15 is 0 Å². The average Bonchev–Trinajstić information content (AvgIpc) is 2.69. The van der Waals surface area contributed by atoms with Gasteiger partial charge in [-0.1, -0.05) is 24.3 Å². The van der Waals surface area contributed by atoms with Crippen LogP contribution in [0.3, 0.4) is 0 Å². The lowest BCUT2D eigenvalue weighted by atomic mass is 10.0. The lowest BCUT2D eigenvalue weighted by Gasteiger charge is -2.10. The smallest absolute Gasteiger partial charge is 0.252 e. The standard InChI is InChI=1S/C13H10N2O/c16-13-10-6-2-1-5-9(10)12(15-13)11-7-3-4-8-14-11/h1-8,12H,(H,15,16). The Morgan fingerprint density at radius 3 is 2.69 bits per heavy atom. The highest BCUT2D eigenvalue weighted by Crippen LogP contribution is 2.29. The van der Waals surface area contributed by atoms with E-state index in [0.29, 0.717) is 0 Å². The minimum atomic E-state index is -0.107. The number of aromatic nitrogens is 1. The summed E-state index contributed by atoms with van der Waals surface area (Å²) in [4.78, 5) is 16.0. The number of amides is 1. The van der Waals surface area contributed by atoms with Crippen molar-refractivity contribution in [2.45, 2.75) is 6.04 Å². The molecule has 1 atom stereocenters. The molecule has 0 radical (unpaired) electrons. The van der Waals surface area contributed by atoms with Crippen molar-refractivity contribution in [3.63, 3.8) is 0 Å². The van der Waals surface area contributed by atoms with Crippen molar-refractivity contribution in [3.8, 4) is 0 Å². The van der Waals surface area contributed by atoms with E-state index in [1.54, 1.807) is 6.20 Å². The normalized spacial score (nSPS) is 18.0. The molecule has 16 heavy (non-hydrogen) atoms. The van der Waals surface area contributed by atoms with Crippen LogP contribution in [0.2, 0.25) is 0 Å². The second kappa shape index (κ2) is 3.45. The van der Waals surface area contributed by atoms with Crippen LogP contribution in [-0.2, 0) is 0 Å². The maximum Gasteiger partial charge on any atom is 0.252 e. The molecule has 1 N–H and O–H groups in total. The lowest BCUT2D eigenvalue weighted by molar-refractivity contribution is 0.0960. The Balaban J connectivity index is 2.11. The summed E-state index contributed by atoms with van der Waals surface area (Å²) < 4.78 is 0. The SMILES string of the molecule is O=C1NC(c2ccccn2)c2ccccc21. The average molecular weight is 210 g/mol. The minimum absolute atomic E-state index is 0.0220. The van der Waals surface area contributed by atoms with Gasteiger partial charge in [0, 0.05) is 11.8 Å².